The molecule has 4 rings (SSSR count). The Labute approximate surface area is 162 Å². The van der Waals surface area contributed by atoms with E-state index in [1.807, 2.05) is 0 Å². The van der Waals surface area contributed by atoms with Crippen LogP contribution in [0.3, 0.4) is 0 Å². The number of nitrogens with zero attached hydrogens (tertiary/aromatic N) is 5. The molecule has 0 fully saturated rings. The van der Waals surface area contributed by atoms with Gasteiger partial charge in [0.15, 0.2) is 10.9 Å². The summed E-state index contributed by atoms with van der Waals surface area (Å²) >= 11 is 7.29. The molecule has 1 N–H and O–H groups in total. The van der Waals surface area contributed by atoms with Gasteiger partial charge in [-0.25, -0.2) is 14.3 Å². The predicted molar refractivity (Wildman–Crippen MR) is 104 cm³/mol. The molecular weight excluding hydrogens is 388 g/mol. The van der Waals surface area contributed by atoms with Crippen molar-refractivity contribution in [1.29, 1.82) is 0 Å². The van der Waals surface area contributed by atoms with Gasteiger partial charge in [-0.05, 0) is 37.3 Å². The number of carbonyl (C=O) groups excluding carboxylic acids is 1. The van der Waals surface area contributed by atoms with Crippen LogP contribution in [0, 0.1) is 0 Å². The Bertz CT molecular complexity index is 1180. The summed E-state index contributed by atoms with van der Waals surface area (Å²) in [5, 5.41) is 12.1. The number of halogens is 1. The quantitative estimate of drug-likeness (QED) is 0.568. The van der Waals surface area contributed by atoms with E-state index >= 15 is 0 Å². The van der Waals surface area contributed by atoms with E-state index in [1.165, 1.54) is 22.1 Å². The highest BCUT2D eigenvalue weighted by Gasteiger charge is 2.19. The largest absolute Gasteiger partial charge is 0.300 e. The zero-order chi connectivity index (χ0) is 19.0. The third-order valence-corrected chi connectivity index (χ3v) is 5.05. The number of amides is 1. The summed E-state index contributed by atoms with van der Waals surface area (Å²) in [6.07, 6.45) is 3.31. The van der Waals surface area contributed by atoms with Gasteiger partial charge in [-0.1, -0.05) is 22.9 Å². The summed E-state index contributed by atoms with van der Waals surface area (Å²) in [6.45, 7) is 1.60. The number of nitrogens with one attached hydrogen (secondary N) is 1. The minimum Gasteiger partial charge on any atom is -0.300 e. The summed E-state index contributed by atoms with van der Waals surface area (Å²) in [5.74, 6) is 0.0428. The van der Waals surface area contributed by atoms with Crippen LogP contribution in [-0.4, -0.2) is 30.5 Å². The van der Waals surface area contributed by atoms with Crippen molar-refractivity contribution in [2.75, 3.05) is 5.32 Å². The van der Waals surface area contributed by atoms with Gasteiger partial charge in [0.1, 0.15) is 6.04 Å². The molecular formula is C17H13ClN6O2S. The highest BCUT2D eigenvalue weighted by Crippen LogP contribution is 2.28. The van der Waals surface area contributed by atoms with Gasteiger partial charge < -0.3 is 5.32 Å². The van der Waals surface area contributed by atoms with Crippen LogP contribution in [0.2, 0.25) is 5.02 Å². The van der Waals surface area contributed by atoms with Crippen molar-refractivity contribution in [3.05, 3.63) is 64.2 Å². The number of hydrogen-bond donors (Lipinski definition) is 1. The maximum Gasteiger partial charge on any atom is 0.267 e. The second-order valence-electron chi connectivity index (χ2n) is 5.72. The lowest BCUT2D eigenvalue weighted by Crippen LogP contribution is -2.33. The molecule has 10 heteroatoms. The van der Waals surface area contributed by atoms with Crippen LogP contribution in [0.5, 0.6) is 0 Å². The maximum absolute atomic E-state index is 12.6. The second-order valence-corrected chi connectivity index (χ2v) is 7.19. The van der Waals surface area contributed by atoms with Crippen LogP contribution in [0.4, 0.5) is 5.13 Å². The fourth-order valence-electron chi connectivity index (χ4n) is 2.49. The van der Waals surface area contributed by atoms with Crippen LogP contribution >= 0.6 is 22.9 Å². The molecule has 8 nitrogen and oxygen atoms in total. The minimum atomic E-state index is -0.830. The normalized spacial score (nSPS) is 12.2. The van der Waals surface area contributed by atoms with E-state index in [0.717, 1.165) is 14.9 Å². The summed E-state index contributed by atoms with van der Waals surface area (Å²) in [5.41, 5.74) is 0.355. The van der Waals surface area contributed by atoms with Crippen LogP contribution < -0.4 is 10.9 Å². The summed E-state index contributed by atoms with van der Waals surface area (Å²) in [4.78, 5) is 29.2. The molecule has 0 saturated carbocycles. The fourth-order valence-corrected chi connectivity index (χ4v) is 3.64. The predicted octanol–water partition coefficient (Wildman–Crippen LogP) is 2.89. The number of hydrogen-bond acceptors (Lipinski definition) is 6. The Kier molecular flexibility index (Phi) is 4.46. The molecule has 0 aliphatic heterocycles. The smallest absolute Gasteiger partial charge is 0.267 e. The van der Waals surface area contributed by atoms with Crippen LogP contribution in [0.1, 0.15) is 13.0 Å². The third kappa shape index (κ3) is 3.46. The van der Waals surface area contributed by atoms with E-state index in [4.69, 9.17) is 11.6 Å². The van der Waals surface area contributed by atoms with Crippen molar-refractivity contribution < 1.29 is 4.79 Å². The van der Waals surface area contributed by atoms with Crippen molar-refractivity contribution >= 4 is 44.2 Å². The Morgan fingerprint density at radius 1 is 1.30 bits per heavy atom. The van der Waals surface area contributed by atoms with E-state index in [9.17, 15) is 9.59 Å². The summed E-state index contributed by atoms with van der Waals surface area (Å²) in [6, 6.07) is 9.12. The van der Waals surface area contributed by atoms with Gasteiger partial charge in [-0.15, -0.1) is 5.10 Å². The molecule has 3 aromatic heterocycles. The molecule has 0 spiro atoms. The second kappa shape index (κ2) is 6.93. The average molecular weight is 401 g/mol. The van der Waals surface area contributed by atoms with Crippen LogP contribution in [0.15, 0.2) is 53.6 Å². The van der Waals surface area contributed by atoms with Gasteiger partial charge in [0.05, 0.1) is 10.2 Å². The molecule has 0 bridgehead atoms. The highest BCUT2D eigenvalue weighted by atomic mass is 35.5. The topological polar surface area (TPSA) is 94.7 Å². The Morgan fingerprint density at radius 2 is 2.15 bits per heavy atom. The molecule has 1 unspecified atom stereocenters. The van der Waals surface area contributed by atoms with E-state index in [1.54, 1.807) is 49.6 Å². The van der Waals surface area contributed by atoms with Gasteiger partial charge in [0, 0.05) is 23.5 Å². The summed E-state index contributed by atoms with van der Waals surface area (Å²) < 4.78 is 3.50. The van der Waals surface area contributed by atoms with Crippen molar-refractivity contribution in [3.63, 3.8) is 0 Å². The Hall–Kier alpha value is -3.04. The molecule has 4 aromatic rings. The lowest BCUT2D eigenvalue weighted by Gasteiger charge is -2.13. The van der Waals surface area contributed by atoms with Crippen molar-refractivity contribution in [2.24, 2.45) is 0 Å². The number of anilines is 1. The zero-order valence-corrected chi connectivity index (χ0v) is 15.6. The van der Waals surface area contributed by atoms with E-state index in [-0.39, 0.29) is 5.56 Å². The van der Waals surface area contributed by atoms with Gasteiger partial charge in [0.25, 0.3) is 11.5 Å². The first kappa shape index (κ1) is 17.4. The molecule has 27 heavy (non-hydrogen) atoms. The molecule has 0 radical (unpaired) electrons. The molecule has 1 aromatic carbocycles. The monoisotopic (exact) mass is 400 g/mol. The average Bonchev–Trinajstić information content (AvgIpc) is 3.30. The third-order valence-electron chi connectivity index (χ3n) is 3.88. The highest BCUT2D eigenvalue weighted by molar-refractivity contribution is 7.22. The van der Waals surface area contributed by atoms with E-state index in [2.05, 4.69) is 20.5 Å². The molecule has 136 valence electrons. The van der Waals surface area contributed by atoms with Gasteiger partial charge in [-0.2, -0.15) is 5.10 Å². The number of rotatable bonds is 4. The molecule has 1 amide bonds. The maximum atomic E-state index is 12.6. The zero-order valence-electron chi connectivity index (χ0n) is 14.0. The first-order valence-electron chi connectivity index (χ1n) is 7.98. The molecule has 3 heterocycles. The standard InChI is InChI=1S/C17H13ClN6O2S/c1-10(24-15(25)6-5-14(22-24)23-8-2-7-19-23)16(26)21-17-20-12-4-3-11(18)9-13(12)27-17/h2-10H,1H3,(H,20,21,26). The molecule has 1 atom stereocenters. The van der Waals surface area contributed by atoms with Crippen LogP contribution in [-0.2, 0) is 4.79 Å². The van der Waals surface area contributed by atoms with Crippen molar-refractivity contribution in [2.45, 2.75) is 13.0 Å². The van der Waals surface area contributed by atoms with Gasteiger partial charge in [0.2, 0.25) is 0 Å². The minimum absolute atomic E-state index is 0.385. The SMILES string of the molecule is CC(C(=O)Nc1nc2ccc(Cl)cc2s1)n1nc(-n2cccn2)ccc1=O. The van der Waals surface area contributed by atoms with Crippen molar-refractivity contribution in [3.8, 4) is 5.82 Å². The molecule has 0 aliphatic carbocycles. The molecule has 0 saturated heterocycles. The van der Waals surface area contributed by atoms with Crippen LogP contribution in [0.25, 0.3) is 16.0 Å². The molecule has 0 aliphatic rings. The van der Waals surface area contributed by atoms with Crippen molar-refractivity contribution in [1.82, 2.24) is 24.5 Å². The lowest BCUT2D eigenvalue weighted by molar-refractivity contribution is -0.119. The van der Waals surface area contributed by atoms with E-state index in [0.29, 0.717) is 16.0 Å². The fraction of sp³-hybridized carbons (Fsp3) is 0.118. The first-order valence-corrected chi connectivity index (χ1v) is 9.17. The van der Waals surface area contributed by atoms with Gasteiger partial charge >= 0.3 is 0 Å². The Balaban J connectivity index is 1.60. The van der Waals surface area contributed by atoms with E-state index < -0.39 is 11.9 Å². The summed E-state index contributed by atoms with van der Waals surface area (Å²) in [7, 11) is 0. The number of thiazole rings is 1. The van der Waals surface area contributed by atoms with Gasteiger partial charge in [-0.3, -0.25) is 9.59 Å². The number of aromatic nitrogens is 5. The Morgan fingerprint density at radius 3 is 2.93 bits per heavy atom. The number of benzene rings is 1. The number of carbonyl (C=O) groups is 1. The lowest BCUT2D eigenvalue weighted by atomic mass is 10.3. The first-order chi connectivity index (χ1) is 13.0. The number of fused-ring (bicyclic) bond motifs is 1.